The van der Waals surface area contributed by atoms with Gasteiger partial charge in [-0.25, -0.2) is 13.1 Å². The summed E-state index contributed by atoms with van der Waals surface area (Å²) in [5, 5.41) is 11.1. The average Bonchev–Trinajstić information content (AvgIpc) is 2.92. The molecule has 1 aliphatic carbocycles. The molecule has 2 aliphatic rings. The molecule has 1 unspecified atom stereocenters. The molecule has 6 nitrogen and oxygen atoms in total. The van der Waals surface area contributed by atoms with E-state index < -0.39 is 9.84 Å². The molecule has 2 fully saturated rings. The molecule has 122 valence electrons. The van der Waals surface area contributed by atoms with Crippen LogP contribution in [0.5, 0.6) is 0 Å². The Kier molecular flexibility index (Phi) is 3.53. The summed E-state index contributed by atoms with van der Waals surface area (Å²) in [6, 6.07) is 3.47. The zero-order valence-electron chi connectivity index (χ0n) is 12.4. The minimum Gasteiger partial charge on any atom is -0.307 e. The van der Waals surface area contributed by atoms with Crippen molar-refractivity contribution >= 4 is 32.9 Å². The first-order valence-corrected chi connectivity index (χ1v) is 10.4. The van der Waals surface area contributed by atoms with Crippen molar-refractivity contribution < 1.29 is 13.2 Å². The van der Waals surface area contributed by atoms with E-state index in [9.17, 15) is 13.2 Å². The van der Waals surface area contributed by atoms with Crippen LogP contribution < -0.4 is 5.32 Å². The lowest BCUT2D eigenvalue weighted by Crippen LogP contribution is -2.19. The van der Waals surface area contributed by atoms with Crippen molar-refractivity contribution in [1.29, 1.82) is 0 Å². The summed E-state index contributed by atoms with van der Waals surface area (Å²) in [7, 11) is -3.00. The molecule has 2 aromatic rings. The molecule has 1 saturated carbocycles. The van der Waals surface area contributed by atoms with Crippen LogP contribution in [-0.2, 0) is 9.84 Å². The molecule has 1 N–H and O–H groups in total. The number of nitrogens with zero attached hydrogens (tertiary/aromatic N) is 2. The number of hydrogen-bond acceptors (Lipinski definition) is 5. The van der Waals surface area contributed by atoms with Gasteiger partial charge in [-0.2, -0.15) is 16.4 Å². The van der Waals surface area contributed by atoms with Crippen LogP contribution in [-0.4, -0.2) is 35.6 Å². The number of carbonyl (C=O) groups is 1. The number of rotatable bonds is 4. The third-order valence-electron chi connectivity index (χ3n) is 4.33. The molecule has 8 heteroatoms. The quantitative estimate of drug-likeness (QED) is 0.917. The van der Waals surface area contributed by atoms with Crippen LogP contribution in [0.25, 0.3) is 0 Å². The minimum absolute atomic E-state index is 0.0973. The van der Waals surface area contributed by atoms with Gasteiger partial charge in [0.25, 0.3) is 5.91 Å². The zero-order chi connectivity index (χ0) is 16.0. The Morgan fingerprint density at radius 2 is 2.17 bits per heavy atom. The maximum absolute atomic E-state index is 12.3. The maximum atomic E-state index is 12.3. The third kappa shape index (κ3) is 3.05. The SMILES string of the molecule is O=C(Nc1cc(C2CC2)nn1C1CCS(=O)(=O)C1)c1ccsc1. The Bertz CT molecular complexity index is 835. The molecule has 23 heavy (non-hydrogen) atoms. The lowest BCUT2D eigenvalue weighted by atomic mass is 10.2. The highest BCUT2D eigenvalue weighted by molar-refractivity contribution is 7.91. The number of hydrogen-bond donors (Lipinski definition) is 1. The molecule has 0 radical (unpaired) electrons. The van der Waals surface area contributed by atoms with Gasteiger partial charge >= 0.3 is 0 Å². The molecular weight excluding hydrogens is 334 g/mol. The Morgan fingerprint density at radius 3 is 2.78 bits per heavy atom. The van der Waals surface area contributed by atoms with E-state index in [-0.39, 0.29) is 23.5 Å². The molecule has 2 aromatic heterocycles. The highest BCUT2D eigenvalue weighted by Gasteiger charge is 2.34. The van der Waals surface area contributed by atoms with Crippen molar-refractivity contribution in [2.24, 2.45) is 0 Å². The number of amides is 1. The maximum Gasteiger partial charge on any atom is 0.257 e. The summed E-state index contributed by atoms with van der Waals surface area (Å²) >= 11 is 1.47. The van der Waals surface area contributed by atoms with Gasteiger partial charge in [-0.3, -0.25) is 4.79 Å². The lowest BCUT2D eigenvalue weighted by Gasteiger charge is -2.13. The Labute approximate surface area is 138 Å². The van der Waals surface area contributed by atoms with Crippen LogP contribution in [0.2, 0.25) is 0 Å². The first-order chi connectivity index (χ1) is 11.0. The normalized spacial score (nSPS) is 23.0. The van der Waals surface area contributed by atoms with E-state index >= 15 is 0 Å². The monoisotopic (exact) mass is 351 g/mol. The van der Waals surface area contributed by atoms with Crippen molar-refractivity contribution in [3.8, 4) is 0 Å². The van der Waals surface area contributed by atoms with E-state index in [1.165, 1.54) is 11.3 Å². The fourth-order valence-electron chi connectivity index (χ4n) is 2.91. The smallest absolute Gasteiger partial charge is 0.257 e. The van der Waals surface area contributed by atoms with Crippen molar-refractivity contribution in [3.63, 3.8) is 0 Å². The summed E-state index contributed by atoms with van der Waals surface area (Å²) in [6.45, 7) is 0. The second kappa shape index (κ2) is 5.45. The largest absolute Gasteiger partial charge is 0.307 e. The summed E-state index contributed by atoms with van der Waals surface area (Å²) in [5.41, 5.74) is 1.56. The molecule has 0 bridgehead atoms. The summed E-state index contributed by atoms with van der Waals surface area (Å²) in [6.07, 6.45) is 2.77. The van der Waals surface area contributed by atoms with Crippen LogP contribution in [0, 0.1) is 0 Å². The Hall–Kier alpha value is -1.67. The topological polar surface area (TPSA) is 81.1 Å². The number of sulfone groups is 1. The molecule has 1 aliphatic heterocycles. The third-order valence-corrected chi connectivity index (χ3v) is 6.76. The van der Waals surface area contributed by atoms with Crippen molar-refractivity contribution in [2.45, 2.75) is 31.2 Å². The van der Waals surface area contributed by atoms with Gasteiger partial charge in [-0.1, -0.05) is 0 Å². The number of nitrogens with one attached hydrogen (secondary N) is 1. The molecule has 1 amide bonds. The second-order valence-corrected chi connectivity index (χ2v) is 9.21. The van der Waals surface area contributed by atoms with Gasteiger partial charge in [0.2, 0.25) is 0 Å². The van der Waals surface area contributed by atoms with Gasteiger partial charge in [-0.15, -0.1) is 0 Å². The van der Waals surface area contributed by atoms with Crippen LogP contribution in [0.3, 0.4) is 0 Å². The molecule has 1 saturated heterocycles. The second-order valence-electron chi connectivity index (χ2n) is 6.20. The van der Waals surface area contributed by atoms with Crippen LogP contribution in [0.15, 0.2) is 22.9 Å². The standard InChI is InChI=1S/C15H17N3O3S2/c19-15(11-3-5-22-8-11)16-14-7-13(10-1-2-10)17-18(14)12-4-6-23(20,21)9-12/h3,5,7-8,10,12H,1-2,4,6,9H2,(H,16,19). The van der Waals surface area contributed by atoms with E-state index in [1.807, 2.05) is 11.4 Å². The molecule has 0 aromatic carbocycles. The summed E-state index contributed by atoms with van der Waals surface area (Å²) in [5.74, 6) is 1.15. The molecule has 4 rings (SSSR count). The molecule has 3 heterocycles. The fraction of sp³-hybridized carbons (Fsp3) is 0.467. The molecule has 1 atom stereocenters. The van der Waals surface area contributed by atoms with E-state index in [4.69, 9.17) is 0 Å². The van der Waals surface area contributed by atoms with Crippen molar-refractivity contribution in [1.82, 2.24) is 9.78 Å². The predicted octanol–water partition coefficient (Wildman–Crippen LogP) is 2.43. The van der Waals surface area contributed by atoms with Gasteiger partial charge in [0, 0.05) is 17.4 Å². The lowest BCUT2D eigenvalue weighted by molar-refractivity contribution is 0.102. The highest BCUT2D eigenvalue weighted by atomic mass is 32.2. The number of thiophene rings is 1. The summed E-state index contributed by atoms with van der Waals surface area (Å²) in [4.78, 5) is 12.3. The first kappa shape index (κ1) is 14.9. The number of anilines is 1. The van der Waals surface area contributed by atoms with E-state index in [1.54, 1.807) is 16.1 Å². The highest BCUT2D eigenvalue weighted by Crippen LogP contribution is 2.41. The van der Waals surface area contributed by atoms with Gasteiger partial charge in [-0.05, 0) is 30.7 Å². The van der Waals surface area contributed by atoms with Crippen LogP contribution in [0.1, 0.15) is 47.3 Å². The minimum atomic E-state index is -3.00. The van der Waals surface area contributed by atoms with Gasteiger partial charge in [0.15, 0.2) is 9.84 Å². The number of carbonyl (C=O) groups excluding carboxylic acids is 1. The summed E-state index contributed by atoms with van der Waals surface area (Å²) < 4.78 is 25.2. The van der Waals surface area contributed by atoms with Gasteiger partial charge in [0.1, 0.15) is 5.82 Å². The molecular formula is C15H17N3O3S2. The first-order valence-electron chi connectivity index (χ1n) is 7.65. The Morgan fingerprint density at radius 1 is 1.35 bits per heavy atom. The fourth-order valence-corrected chi connectivity index (χ4v) is 5.24. The average molecular weight is 351 g/mol. The van der Waals surface area contributed by atoms with Crippen LogP contribution in [0.4, 0.5) is 5.82 Å². The zero-order valence-corrected chi connectivity index (χ0v) is 14.1. The van der Waals surface area contributed by atoms with E-state index in [2.05, 4.69) is 10.4 Å². The number of aromatic nitrogens is 2. The predicted molar refractivity (Wildman–Crippen MR) is 88.8 cm³/mol. The van der Waals surface area contributed by atoms with E-state index in [0.29, 0.717) is 23.7 Å². The van der Waals surface area contributed by atoms with E-state index in [0.717, 1.165) is 18.5 Å². The van der Waals surface area contributed by atoms with Crippen molar-refractivity contribution in [3.05, 3.63) is 34.2 Å². The van der Waals surface area contributed by atoms with Crippen LogP contribution >= 0.6 is 11.3 Å². The molecule has 0 spiro atoms. The van der Waals surface area contributed by atoms with Crippen molar-refractivity contribution in [2.75, 3.05) is 16.8 Å². The Balaban J connectivity index is 1.63. The van der Waals surface area contributed by atoms with Gasteiger partial charge in [0.05, 0.1) is 28.8 Å². The van der Waals surface area contributed by atoms with Gasteiger partial charge < -0.3 is 5.32 Å².